The highest BCUT2D eigenvalue weighted by molar-refractivity contribution is 6.30. The summed E-state index contributed by atoms with van der Waals surface area (Å²) in [6, 6.07) is 16.7. The summed E-state index contributed by atoms with van der Waals surface area (Å²) in [4.78, 5) is 28.8. The lowest BCUT2D eigenvalue weighted by molar-refractivity contribution is 0.0950. The first-order chi connectivity index (χ1) is 13.5. The Morgan fingerprint density at radius 2 is 1.29 bits per heavy atom. The maximum absolute atomic E-state index is 12.4. The number of amides is 2. The number of rotatable bonds is 6. The van der Waals surface area contributed by atoms with Gasteiger partial charge in [0.15, 0.2) is 0 Å². The monoisotopic (exact) mass is 393 g/mol. The normalized spacial score (nSPS) is 10.4. The molecule has 3 rings (SSSR count). The van der Waals surface area contributed by atoms with Crippen molar-refractivity contribution in [1.82, 2.24) is 15.6 Å². The number of aryl methyl sites for hydroxylation is 1. The Bertz CT molecular complexity index is 893. The maximum atomic E-state index is 12.4. The summed E-state index contributed by atoms with van der Waals surface area (Å²) < 4.78 is 0. The third kappa shape index (κ3) is 5.41. The van der Waals surface area contributed by atoms with Crippen LogP contribution in [0, 0.1) is 6.92 Å². The van der Waals surface area contributed by atoms with Gasteiger partial charge in [-0.05, 0) is 36.2 Å². The summed E-state index contributed by atoms with van der Waals surface area (Å²) in [5.41, 5.74) is 3.77. The van der Waals surface area contributed by atoms with E-state index in [1.165, 1.54) is 18.5 Å². The van der Waals surface area contributed by atoms with E-state index in [9.17, 15) is 9.59 Å². The molecule has 0 radical (unpaired) electrons. The second kappa shape index (κ2) is 9.15. The number of carbonyl (C=O) groups excluding carboxylic acids is 2. The molecule has 142 valence electrons. The minimum absolute atomic E-state index is 0.277. The standard InChI is InChI=1S/C22H20ClN3O2/c1-15-2-4-16(5-3-15)11-25-21(27)18-10-19(14-24-13-18)22(28)26-12-17-6-8-20(23)9-7-17/h2-10,13-14H,11-12H2,1H3,(H,25,27)(H,26,28). The molecule has 2 amide bonds. The van der Waals surface area contributed by atoms with E-state index in [0.717, 1.165) is 16.7 Å². The predicted molar refractivity (Wildman–Crippen MR) is 109 cm³/mol. The molecule has 0 spiro atoms. The smallest absolute Gasteiger partial charge is 0.253 e. The molecule has 1 heterocycles. The molecule has 2 N–H and O–H groups in total. The van der Waals surface area contributed by atoms with Crippen LogP contribution >= 0.6 is 11.6 Å². The van der Waals surface area contributed by atoms with Crippen LogP contribution in [0.1, 0.15) is 37.4 Å². The topological polar surface area (TPSA) is 71.1 Å². The molecule has 2 aromatic carbocycles. The third-order valence-corrected chi connectivity index (χ3v) is 4.45. The van der Waals surface area contributed by atoms with Crippen LogP contribution in [0.4, 0.5) is 0 Å². The Kier molecular flexibility index (Phi) is 6.40. The highest BCUT2D eigenvalue weighted by atomic mass is 35.5. The summed E-state index contributed by atoms with van der Waals surface area (Å²) in [6.07, 6.45) is 2.88. The van der Waals surface area contributed by atoms with Crippen molar-refractivity contribution in [3.8, 4) is 0 Å². The number of carbonyl (C=O) groups is 2. The van der Waals surface area contributed by atoms with Crippen LogP contribution in [-0.2, 0) is 13.1 Å². The number of hydrogen-bond acceptors (Lipinski definition) is 3. The molecule has 5 nitrogen and oxygen atoms in total. The van der Waals surface area contributed by atoms with E-state index in [4.69, 9.17) is 11.6 Å². The highest BCUT2D eigenvalue weighted by Gasteiger charge is 2.11. The van der Waals surface area contributed by atoms with Crippen LogP contribution < -0.4 is 10.6 Å². The Morgan fingerprint density at radius 1 is 0.821 bits per heavy atom. The molecule has 0 aliphatic rings. The lowest BCUT2D eigenvalue weighted by Crippen LogP contribution is -2.25. The molecule has 3 aromatic rings. The minimum Gasteiger partial charge on any atom is -0.348 e. The maximum Gasteiger partial charge on any atom is 0.253 e. The summed E-state index contributed by atoms with van der Waals surface area (Å²) in [7, 11) is 0. The van der Waals surface area contributed by atoms with Crippen molar-refractivity contribution in [2.45, 2.75) is 20.0 Å². The van der Waals surface area contributed by atoms with Crippen LogP contribution in [-0.4, -0.2) is 16.8 Å². The van der Waals surface area contributed by atoms with Crippen molar-refractivity contribution in [3.05, 3.63) is 99.8 Å². The van der Waals surface area contributed by atoms with E-state index in [2.05, 4.69) is 15.6 Å². The molecule has 0 saturated heterocycles. The van der Waals surface area contributed by atoms with Crippen molar-refractivity contribution < 1.29 is 9.59 Å². The first-order valence-electron chi connectivity index (χ1n) is 8.83. The lowest BCUT2D eigenvalue weighted by atomic mass is 10.1. The zero-order valence-corrected chi connectivity index (χ0v) is 16.2. The first-order valence-corrected chi connectivity index (χ1v) is 9.20. The van der Waals surface area contributed by atoms with Crippen LogP contribution in [0.3, 0.4) is 0 Å². The van der Waals surface area contributed by atoms with Crippen molar-refractivity contribution in [3.63, 3.8) is 0 Å². The number of benzene rings is 2. The quantitative estimate of drug-likeness (QED) is 0.667. The van der Waals surface area contributed by atoms with E-state index in [-0.39, 0.29) is 11.8 Å². The van der Waals surface area contributed by atoms with Gasteiger partial charge in [0.1, 0.15) is 0 Å². The molecule has 0 bridgehead atoms. The van der Waals surface area contributed by atoms with Gasteiger partial charge in [-0.1, -0.05) is 53.6 Å². The fourth-order valence-electron chi connectivity index (χ4n) is 2.57. The van der Waals surface area contributed by atoms with Crippen molar-refractivity contribution in [2.75, 3.05) is 0 Å². The van der Waals surface area contributed by atoms with Crippen LogP contribution in [0.5, 0.6) is 0 Å². The van der Waals surface area contributed by atoms with Gasteiger partial charge in [0, 0.05) is 30.5 Å². The minimum atomic E-state index is -0.296. The van der Waals surface area contributed by atoms with E-state index in [0.29, 0.717) is 29.2 Å². The fraction of sp³-hybridized carbons (Fsp3) is 0.136. The highest BCUT2D eigenvalue weighted by Crippen LogP contribution is 2.10. The second-order valence-electron chi connectivity index (χ2n) is 6.44. The van der Waals surface area contributed by atoms with Gasteiger partial charge in [-0.2, -0.15) is 0 Å². The van der Waals surface area contributed by atoms with Gasteiger partial charge in [0.2, 0.25) is 0 Å². The molecule has 6 heteroatoms. The molecule has 0 atom stereocenters. The van der Waals surface area contributed by atoms with E-state index in [1.807, 2.05) is 43.3 Å². The van der Waals surface area contributed by atoms with Crippen molar-refractivity contribution in [2.24, 2.45) is 0 Å². The zero-order chi connectivity index (χ0) is 19.9. The average Bonchev–Trinajstić information content (AvgIpc) is 2.72. The SMILES string of the molecule is Cc1ccc(CNC(=O)c2cncc(C(=O)NCc3ccc(Cl)cc3)c2)cc1. The Hall–Kier alpha value is -3.18. The van der Waals surface area contributed by atoms with Gasteiger partial charge >= 0.3 is 0 Å². The van der Waals surface area contributed by atoms with Crippen LogP contribution in [0.25, 0.3) is 0 Å². The largest absolute Gasteiger partial charge is 0.348 e. The Balaban J connectivity index is 1.58. The molecule has 0 aliphatic carbocycles. The number of pyridine rings is 1. The second-order valence-corrected chi connectivity index (χ2v) is 6.88. The van der Waals surface area contributed by atoms with Gasteiger partial charge in [-0.15, -0.1) is 0 Å². The lowest BCUT2D eigenvalue weighted by Gasteiger charge is -2.08. The summed E-state index contributed by atoms with van der Waals surface area (Å²) in [5.74, 6) is -0.573. The van der Waals surface area contributed by atoms with Crippen molar-refractivity contribution >= 4 is 23.4 Å². The van der Waals surface area contributed by atoms with E-state index in [1.54, 1.807) is 12.1 Å². The number of halogens is 1. The number of aromatic nitrogens is 1. The molecule has 0 aliphatic heterocycles. The number of nitrogens with one attached hydrogen (secondary N) is 2. The fourth-order valence-corrected chi connectivity index (χ4v) is 2.69. The molecule has 0 saturated carbocycles. The van der Waals surface area contributed by atoms with Crippen LogP contribution in [0.2, 0.25) is 5.02 Å². The molecule has 0 unspecified atom stereocenters. The summed E-state index contributed by atoms with van der Waals surface area (Å²) in [5, 5.41) is 6.29. The van der Waals surface area contributed by atoms with Gasteiger partial charge in [0.25, 0.3) is 11.8 Å². The average molecular weight is 394 g/mol. The summed E-state index contributed by atoms with van der Waals surface area (Å²) >= 11 is 5.86. The zero-order valence-electron chi connectivity index (χ0n) is 15.4. The predicted octanol–water partition coefficient (Wildman–Crippen LogP) is 3.90. The van der Waals surface area contributed by atoms with E-state index >= 15 is 0 Å². The van der Waals surface area contributed by atoms with Gasteiger partial charge in [-0.25, -0.2) is 0 Å². The summed E-state index contributed by atoms with van der Waals surface area (Å²) in [6.45, 7) is 2.78. The Morgan fingerprint density at radius 3 is 1.79 bits per heavy atom. The third-order valence-electron chi connectivity index (χ3n) is 4.20. The molecule has 1 aromatic heterocycles. The van der Waals surface area contributed by atoms with Gasteiger partial charge in [-0.3, -0.25) is 14.6 Å². The van der Waals surface area contributed by atoms with Gasteiger partial charge < -0.3 is 10.6 Å². The molecular weight excluding hydrogens is 374 g/mol. The van der Waals surface area contributed by atoms with Crippen LogP contribution in [0.15, 0.2) is 67.0 Å². The van der Waals surface area contributed by atoms with E-state index < -0.39 is 0 Å². The molecule has 28 heavy (non-hydrogen) atoms. The molecule has 0 fully saturated rings. The van der Waals surface area contributed by atoms with Crippen molar-refractivity contribution in [1.29, 1.82) is 0 Å². The first kappa shape index (κ1) is 19.6. The number of nitrogens with zero attached hydrogens (tertiary/aromatic N) is 1. The Labute approximate surface area is 168 Å². The molecular formula is C22H20ClN3O2. The number of hydrogen-bond donors (Lipinski definition) is 2. The van der Waals surface area contributed by atoms with Gasteiger partial charge in [0.05, 0.1) is 11.1 Å².